The van der Waals surface area contributed by atoms with Crippen LogP contribution in [0.25, 0.3) is 0 Å². The molecule has 0 heterocycles. The smallest absolute Gasteiger partial charge is 0.331 e. The highest BCUT2D eigenvalue weighted by Crippen LogP contribution is 1.98. The first kappa shape index (κ1) is 28.2. The molecular formula is C20H32N2O9. The van der Waals surface area contributed by atoms with Gasteiger partial charge in [-0.15, -0.1) is 0 Å². The van der Waals surface area contributed by atoms with Crippen molar-refractivity contribution in [2.24, 2.45) is 0 Å². The first-order valence-corrected chi connectivity index (χ1v) is 9.82. The van der Waals surface area contributed by atoms with Crippen molar-refractivity contribution in [1.29, 1.82) is 0 Å². The molecule has 0 aliphatic carbocycles. The summed E-state index contributed by atoms with van der Waals surface area (Å²) in [5.74, 6) is -3.15. The van der Waals surface area contributed by atoms with Crippen molar-refractivity contribution >= 4 is 23.8 Å². The molecule has 0 spiro atoms. The number of carbonyl (C=O) groups is 4. The summed E-state index contributed by atoms with van der Waals surface area (Å²) in [5, 5.41) is 22.4. The largest absolute Gasteiger partial charge is 0.478 e. The maximum absolute atomic E-state index is 11.4. The van der Waals surface area contributed by atoms with E-state index in [0.29, 0.717) is 65.6 Å². The van der Waals surface area contributed by atoms with E-state index in [4.69, 9.17) is 24.4 Å². The maximum Gasteiger partial charge on any atom is 0.331 e. The highest BCUT2D eigenvalue weighted by Gasteiger charge is 2.10. The van der Waals surface area contributed by atoms with Gasteiger partial charge < -0.3 is 35.1 Å². The van der Waals surface area contributed by atoms with Crippen LogP contribution in [-0.4, -0.2) is 86.7 Å². The predicted octanol–water partition coefficient (Wildman–Crippen LogP) is 0.111. The number of hydrogen-bond acceptors (Lipinski definition) is 7. The zero-order valence-corrected chi connectivity index (χ0v) is 17.7. The second kappa shape index (κ2) is 18.0. The van der Waals surface area contributed by atoms with Gasteiger partial charge in [-0.1, -0.05) is 13.2 Å². The third kappa shape index (κ3) is 17.8. The lowest BCUT2D eigenvalue weighted by Gasteiger charge is -2.08. The minimum atomic E-state index is -1.19. The summed E-state index contributed by atoms with van der Waals surface area (Å²) >= 11 is 0. The third-order valence-corrected chi connectivity index (χ3v) is 3.67. The fraction of sp³-hybridized carbons (Fsp3) is 0.600. The Hall–Kier alpha value is -2.76. The van der Waals surface area contributed by atoms with Crippen LogP contribution in [0.5, 0.6) is 0 Å². The molecule has 0 fully saturated rings. The quantitative estimate of drug-likeness (QED) is 0.151. The zero-order valence-electron chi connectivity index (χ0n) is 17.7. The van der Waals surface area contributed by atoms with Gasteiger partial charge in [0.2, 0.25) is 11.8 Å². The Morgan fingerprint density at radius 3 is 1.26 bits per heavy atom. The Morgan fingerprint density at radius 1 is 0.613 bits per heavy atom. The van der Waals surface area contributed by atoms with Gasteiger partial charge in [0.15, 0.2) is 0 Å². The van der Waals surface area contributed by atoms with Gasteiger partial charge in [-0.3, -0.25) is 9.59 Å². The summed E-state index contributed by atoms with van der Waals surface area (Å²) in [7, 11) is 0. The predicted molar refractivity (Wildman–Crippen MR) is 110 cm³/mol. The molecule has 0 aromatic carbocycles. The van der Waals surface area contributed by atoms with Gasteiger partial charge >= 0.3 is 11.9 Å². The van der Waals surface area contributed by atoms with Gasteiger partial charge in [0.1, 0.15) is 0 Å². The van der Waals surface area contributed by atoms with Crippen molar-refractivity contribution in [3.63, 3.8) is 0 Å². The van der Waals surface area contributed by atoms with Gasteiger partial charge in [-0.2, -0.15) is 0 Å². The number of carboxylic acid groups (broad SMARTS) is 2. The molecule has 0 aromatic heterocycles. The molecule has 0 radical (unpaired) electrons. The van der Waals surface area contributed by atoms with E-state index in [0.717, 1.165) is 0 Å². The molecular weight excluding hydrogens is 412 g/mol. The van der Waals surface area contributed by atoms with Crippen LogP contribution in [0.1, 0.15) is 25.7 Å². The van der Waals surface area contributed by atoms with Gasteiger partial charge in [0.05, 0.1) is 39.3 Å². The number of carbonyl (C=O) groups excluding carboxylic acids is 2. The van der Waals surface area contributed by atoms with Gasteiger partial charge in [-0.25, -0.2) is 9.59 Å². The topological polar surface area (TPSA) is 160 Å². The van der Waals surface area contributed by atoms with E-state index >= 15 is 0 Å². The van der Waals surface area contributed by atoms with Crippen molar-refractivity contribution in [2.75, 3.05) is 52.7 Å². The van der Waals surface area contributed by atoms with E-state index in [9.17, 15) is 19.2 Å². The van der Waals surface area contributed by atoms with Crippen LogP contribution in [0.2, 0.25) is 0 Å². The zero-order chi connectivity index (χ0) is 23.5. The minimum absolute atomic E-state index is 0.152. The first-order valence-electron chi connectivity index (χ1n) is 9.82. The maximum atomic E-state index is 11.4. The molecule has 0 saturated carbocycles. The lowest BCUT2D eigenvalue weighted by molar-refractivity contribution is -0.134. The number of nitrogens with one attached hydrogen (secondary N) is 2. The SMILES string of the molecule is C=C(CC(=O)NCCCOCCOCCOCCCNC(=O)CC(=C)C(=O)O)C(=O)O. The number of hydrogen-bond donors (Lipinski definition) is 4. The van der Waals surface area contributed by atoms with E-state index in [1.165, 1.54) is 0 Å². The Bertz CT molecular complexity index is 568. The molecule has 0 aromatic rings. The van der Waals surface area contributed by atoms with Crippen molar-refractivity contribution in [3.8, 4) is 0 Å². The summed E-state index contributed by atoms with van der Waals surface area (Å²) in [4.78, 5) is 43.9. The fourth-order valence-corrected chi connectivity index (χ4v) is 2.01. The number of carboxylic acids is 2. The van der Waals surface area contributed by atoms with Crippen molar-refractivity contribution < 1.29 is 43.6 Å². The molecule has 0 rings (SSSR count). The summed E-state index contributed by atoms with van der Waals surface area (Å²) in [5.41, 5.74) is -0.303. The normalized spacial score (nSPS) is 10.3. The minimum Gasteiger partial charge on any atom is -0.478 e. The van der Waals surface area contributed by atoms with Crippen LogP contribution in [0, 0.1) is 0 Å². The Morgan fingerprint density at radius 2 is 0.935 bits per heavy atom. The molecule has 0 aliphatic heterocycles. The molecule has 11 heteroatoms. The van der Waals surface area contributed by atoms with Crippen LogP contribution in [0.15, 0.2) is 24.3 Å². The first-order chi connectivity index (χ1) is 14.7. The third-order valence-electron chi connectivity index (χ3n) is 3.67. The lowest BCUT2D eigenvalue weighted by atomic mass is 10.2. The summed E-state index contributed by atoms with van der Waals surface area (Å²) in [6.45, 7) is 9.82. The molecule has 176 valence electrons. The summed E-state index contributed by atoms with van der Waals surface area (Å²) < 4.78 is 16.0. The van der Waals surface area contributed by atoms with Gasteiger partial charge in [-0.05, 0) is 12.8 Å². The number of aliphatic carboxylic acids is 2. The van der Waals surface area contributed by atoms with Crippen LogP contribution in [0.3, 0.4) is 0 Å². The van der Waals surface area contributed by atoms with Gasteiger partial charge in [0, 0.05) is 37.4 Å². The second-order valence-corrected chi connectivity index (χ2v) is 6.42. The van der Waals surface area contributed by atoms with Crippen LogP contribution in [0.4, 0.5) is 0 Å². The Balaban J connectivity index is 3.33. The summed E-state index contributed by atoms with van der Waals surface area (Å²) in [6.07, 6.45) is 0.720. The fourth-order valence-electron chi connectivity index (χ4n) is 2.01. The number of amides is 2. The number of rotatable bonds is 20. The highest BCUT2D eigenvalue weighted by molar-refractivity contribution is 5.93. The van der Waals surface area contributed by atoms with E-state index in [-0.39, 0.29) is 35.8 Å². The molecule has 0 unspecified atom stereocenters. The van der Waals surface area contributed by atoms with Crippen molar-refractivity contribution in [1.82, 2.24) is 10.6 Å². The molecule has 4 N–H and O–H groups in total. The van der Waals surface area contributed by atoms with E-state index in [1.54, 1.807) is 0 Å². The standard InChI is InChI=1S/C20H32N2O9/c1-15(19(25)26)13-17(23)21-5-3-7-29-9-11-31-12-10-30-8-4-6-22-18(24)14-16(2)20(27)28/h1-14H2,(H,21,23)(H,22,24)(H,25,26)(H,27,28). The molecule has 0 atom stereocenters. The van der Waals surface area contributed by atoms with Crippen LogP contribution < -0.4 is 10.6 Å². The lowest BCUT2D eigenvalue weighted by Crippen LogP contribution is -2.26. The van der Waals surface area contributed by atoms with Crippen molar-refractivity contribution in [2.45, 2.75) is 25.7 Å². The van der Waals surface area contributed by atoms with Crippen LogP contribution >= 0.6 is 0 Å². The second-order valence-electron chi connectivity index (χ2n) is 6.42. The average Bonchev–Trinajstić information content (AvgIpc) is 2.70. The van der Waals surface area contributed by atoms with E-state index in [1.807, 2.05) is 0 Å². The molecule has 0 bridgehead atoms. The average molecular weight is 444 g/mol. The summed E-state index contributed by atoms with van der Waals surface area (Å²) in [6, 6.07) is 0. The Kier molecular flexibility index (Phi) is 16.4. The molecule has 2 amide bonds. The monoisotopic (exact) mass is 444 g/mol. The van der Waals surface area contributed by atoms with Crippen molar-refractivity contribution in [3.05, 3.63) is 24.3 Å². The molecule has 11 nitrogen and oxygen atoms in total. The molecule has 0 aliphatic rings. The van der Waals surface area contributed by atoms with E-state index in [2.05, 4.69) is 23.8 Å². The highest BCUT2D eigenvalue weighted by atomic mass is 16.5. The van der Waals surface area contributed by atoms with E-state index < -0.39 is 11.9 Å². The molecule has 31 heavy (non-hydrogen) atoms. The van der Waals surface area contributed by atoms with Crippen LogP contribution in [-0.2, 0) is 33.4 Å². The number of ether oxygens (including phenoxy) is 3. The molecule has 0 saturated heterocycles. The van der Waals surface area contributed by atoms with Gasteiger partial charge in [0.25, 0.3) is 0 Å². The Labute approximate surface area is 181 Å².